The Morgan fingerprint density at radius 3 is 2.23 bits per heavy atom. The van der Waals surface area contributed by atoms with Gasteiger partial charge in [0.25, 0.3) is 0 Å². The molecule has 0 aliphatic rings. The molecule has 0 aliphatic carbocycles. The molecule has 0 radical (unpaired) electrons. The molecule has 0 unspecified atom stereocenters. The van der Waals surface area contributed by atoms with Gasteiger partial charge in [-0.25, -0.2) is 13.2 Å². The lowest BCUT2D eigenvalue weighted by Crippen LogP contribution is -2.14. The van der Waals surface area contributed by atoms with Crippen LogP contribution >= 0.6 is 12.4 Å². The summed E-state index contributed by atoms with van der Waals surface area (Å²) in [6.07, 6.45) is 1.92. The molecule has 2 aromatic carbocycles. The van der Waals surface area contributed by atoms with Crippen LogP contribution in [0.4, 0.5) is 0 Å². The van der Waals surface area contributed by atoms with Crippen molar-refractivity contribution in [1.82, 2.24) is 4.90 Å². The molecule has 0 saturated carbocycles. The van der Waals surface area contributed by atoms with Crippen LogP contribution in [0, 0.1) is 0 Å². The Kier molecular flexibility index (Phi) is 7.62. The van der Waals surface area contributed by atoms with Crippen molar-refractivity contribution in [3.8, 4) is 11.5 Å². The van der Waals surface area contributed by atoms with Crippen LogP contribution in [0.5, 0.6) is 11.5 Å². The molecule has 0 saturated heterocycles. The van der Waals surface area contributed by atoms with Gasteiger partial charge in [-0.05, 0) is 56.4 Å². The first-order valence-corrected chi connectivity index (χ1v) is 9.55. The van der Waals surface area contributed by atoms with Crippen LogP contribution in [0.1, 0.15) is 15.9 Å². The number of carbonyl (C=O) groups is 1. The van der Waals surface area contributed by atoms with E-state index in [9.17, 15) is 13.2 Å². The number of rotatable bonds is 7. The van der Waals surface area contributed by atoms with E-state index < -0.39 is 15.8 Å². The van der Waals surface area contributed by atoms with E-state index in [0.717, 1.165) is 30.9 Å². The summed E-state index contributed by atoms with van der Waals surface area (Å²) in [4.78, 5) is 13.0. The number of hydrogen-bond donors (Lipinski definition) is 1. The lowest BCUT2D eigenvalue weighted by molar-refractivity contribution is 0.0696. The fourth-order valence-electron chi connectivity index (χ4n) is 2.22. The molecule has 0 bridgehead atoms. The molecule has 142 valence electrons. The molecule has 0 aliphatic heterocycles. The van der Waals surface area contributed by atoms with E-state index in [1.807, 2.05) is 26.2 Å². The van der Waals surface area contributed by atoms with Gasteiger partial charge < -0.3 is 14.7 Å². The highest BCUT2D eigenvalue weighted by atomic mass is 35.5. The molecule has 0 spiro atoms. The van der Waals surface area contributed by atoms with Gasteiger partial charge >= 0.3 is 5.97 Å². The predicted octanol–water partition coefficient (Wildman–Crippen LogP) is 3.11. The zero-order chi connectivity index (χ0) is 18.6. The van der Waals surface area contributed by atoms with Crippen molar-refractivity contribution in [3.05, 3.63) is 53.6 Å². The number of ether oxygens (including phenoxy) is 1. The number of benzene rings is 2. The SMILES string of the molecule is CN(C)CCc1ccc(Oc2ccc(C(=O)O)cc2S(C)(=O)=O)cc1.Cl. The number of likely N-dealkylation sites (N-methyl/N-ethyl adjacent to an activating group) is 1. The van der Waals surface area contributed by atoms with Crippen molar-refractivity contribution in [3.63, 3.8) is 0 Å². The number of sulfone groups is 1. The number of carboxylic acid groups (broad SMARTS) is 1. The van der Waals surface area contributed by atoms with Gasteiger partial charge in [-0.15, -0.1) is 12.4 Å². The van der Waals surface area contributed by atoms with Crippen molar-refractivity contribution in [2.24, 2.45) is 0 Å². The quantitative estimate of drug-likeness (QED) is 0.770. The molecule has 2 rings (SSSR count). The van der Waals surface area contributed by atoms with Crippen LogP contribution < -0.4 is 4.74 Å². The highest BCUT2D eigenvalue weighted by Crippen LogP contribution is 2.30. The van der Waals surface area contributed by atoms with Gasteiger partial charge in [-0.3, -0.25) is 0 Å². The highest BCUT2D eigenvalue weighted by molar-refractivity contribution is 7.90. The third-order valence-electron chi connectivity index (χ3n) is 3.59. The van der Waals surface area contributed by atoms with Gasteiger partial charge in [-0.1, -0.05) is 12.1 Å². The molecule has 0 fully saturated rings. The Hall–Kier alpha value is -2.09. The van der Waals surface area contributed by atoms with E-state index in [2.05, 4.69) is 4.90 Å². The molecule has 8 heteroatoms. The first kappa shape index (κ1) is 22.0. The first-order valence-electron chi connectivity index (χ1n) is 7.66. The molecule has 0 amide bonds. The number of hydrogen-bond acceptors (Lipinski definition) is 5. The summed E-state index contributed by atoms with van der Waals surface area (Å²) >= 11 is 0. The zero-order valence-corrected chi connectivity index (χ0v) is 16.4. The molecule has 0 aromatic heterocycles. The number of aromatic carboxylic acids is 1. The van der Waals surface area contributed by atoms with Gasteiger partial charge in [-0.2, -0.15) is 0 Å². The molecule has 26 heavy (non-hydrogen) atoms. The van der Waals surface area contributed by atoms with Gasteiger partial charge in [0.2, 0.25) is 0 Å². The molecule has 0 heterocycles. The fraction of sp³-hybridized carbons (Fsp3) is 0.278. The largest absolute Gasteiger partial charge is 0.478 e. The van der Waals surface area contributed by atoms with E-state index in [1.165, 1.54) is 12.1 Å². The van der Waals surface area contributed by atoms with Crippen molar-refractivity contribution in [2.45, 2.75) is 11.3 Å². The topological polar surface area (TPSA) is 83.9 Å². The fourth-order valence-corrected chi connectivity index (χ4v) is 3.04. The maximum atomic E-state index is 11.9. The van der Waals surface area contributed by atoms with E-state index >= 15 is 0 Å². The van der Waals surface area contributed by atoms with E-state index in [0.29, 0.717) is 5.75 Å². The summed E-state index contributed by atoms with van der Waals surface area (Å²) < 4.78 is 29.6. The summed E-state index contributed by atoms with van der Waals surface area (Å²) in [6, 6.07) is 11.2. The zero-order valence-electron chi connectivity index (χ0n) is 14.8. The Morgan fingerprint density at radius 2 is 1.73 bits per heavy atom. The molecule has 0 atom stereocenters. The maximum Gasteiger partial charge on any atom is 0.335 e. The summed E-state index contributed by atoms with van der Waals surface area (Å²) in [5, 5.41) is 9.04. The standard InChI is InChI=1S/C18H21NO5S.ClH/c1-19(2)11-10-13-4-7-15(8-5-13)24-16-9-6-14(18(20)21)12-17(16)25(3,22)23;/h4-9,12H,10-11H2,1-3H3,(H,20,21);1H. The first-order chi connectivity index (χ1) is 11.7. The third-order valence-corrected chi connectivity index (χ3v) is 4.71. The monoisotopic (exact) mass is 399 g/mol. The van der Waals surface area contributed by atoms with Crippen LogP contribution in [0.2, 0.25) is 0 Å². The average Bonchev–Trinajstić information content (AvgIpc) is 2.53. The molecule has 2 aromatic rings. The minimum atomic E-state index is -3.63. The minimum Gasteiger partial charge on any atom is -0.478 e. The molecule has 6 nitrogen and oxygen atoms in total. The summed E-state index contributed by atoms with van der Waals surface area (Å²) in [6.45, 7) is 0.926. The second-order valence-electron chi connectivity index (χ2n) is 6.04. The second kappa shape index (κ2) is 9.02. The Labute approximate surface area is 159 Å². The lowest BCUT2D eigenvalue weighted by atomic mass is 10.1. The van der Waals surface area contributed by atoms with Crippen molar-refractivity contribution < 1.29 is 23.1 Å². The van der Waals surface area contributed by atoms with Gasteiger partial charge in [0.15, 0.2) is 9.84 Å². The lowest BCUT2D eigenvalue weighted by Gasteiger charge is -2.12. The van der Waals surface area contributed by atoms with Crippen LogP contribution in [-0.4, -0.2) is 51.3 Å². The second-order valence-corrected chi connectivity index (χ2v) is 8.02. The van der Waals surface area contributed by atoms with Crippen molar-refractivity contribution in [1.29, 1.82) is 0 Å². The van der Waals surface area contributed by atoms with Crippen LogP contribution in [0.25, 0.3) is 0 Å². The summed E-state index contributed by atoms with van der Waals surface area (Å²) in [5.41, 5.74) is 1.04. The van der Waals surface area contributed by atoms with Crippen molar-refractivity contribution in [2.75, 3.05) is 26.9 Å². The van der Waals surface area contributed by atoms with Gasteiger partial charge in [0.05, 0.1) is 5.56 Å². The number of nitrogens with zero attached hydrogens (tertiary/aromatic N) is 1. The van der Waals surface area contributed by atoms with Crippen molar-refractivity contribution >= 4 is 28.2 Å². The average molecular weight is 400 g/mol. The van der Waals surface area contributed by atoms with Crippen LogP contribution in [0.15, 0.2) is 47.4 Å². The minimum absolute atomic E-state index is 0. The van der Waals surface area contributed by atoms with Crippen LogP contribution in [0.3, 0.4) is 0 Å². The summed E-state index contributed by atoms with van der Waals surface area (Å²) in [7, 11) is 0.380. The van der Waals surface area contributed by atoms with Gasteiger partial charge in [0.1, 0.15) is 16.4 Å². The summed E-state index contributed by atoms with van der Waals surface area (Å²) in [5.74, 6) is -0.600. The smallest absolute Gasteiger partial charge is 0.335 e. The van der Waals surface area contributed by atoms with Crippen LogP contribution in [-0.2, 0) is 16.3 Å². The van der Waals surface area contributed by atoms with E-state index in [-0.39, 0.29) is 28.6 Å². The van der Waals surface area contributed by atoms with E-state index in [1.54, 1.807) is 12.1 Å². The number of halogens is 1. The third kappa shape index (κ3) is 6.01. The predicted molar refractivity (Wildman–Crippen MR) is 103 cm³/mol. The molecular weight excluding hydrogens is 378 g/mol. The Morgan fingerprint density at radius 1 is 1.12 bits per heavy atom. The Bertz CT molecular complexity index is 864. The number of carboxylic acids is 1. The molecular formula is C18H22ClNO5S. The highest BCUT2D eigenvalue weighted by Gasteiger charge is 2.18. The Balaban J connectivity index is 0.00000338. The van der Waals surface area contributed by atoms with E-state index in [4.69, 9.17) is 9.84 Å². The maximum absolute atomic E-state index is 11.9. The molecule has 1 N–H and O–H groups in total. The van der Waals surface area contributed by atoms with Gasteiger partial charge in [0, 0.05) is 12.8 Å². The normalized spacial score (nSPS) is 11.1.